The molecule has 28 heavy (non-hydrogen) atoms. The second kappa shape index (κ2) is 7.44. The summed E-state index contributed by atoms with van der Waals surface area (Å²) in [6.07, 6.45) is 1.72. The Hall–Kier alpha value is -2.59. The fourth-order valence-electron chi connectivity index (χ4n) is 4.44. The van der Waals surface area contributed by atoms with Gasteiger partial charge >= 0.3 is 0 Å². The standard InChI is InChI=1S/C24H27NO3/c1-4-24(5-2)19-15-16(27-14-13-25-6-3)11-12-17(19)22(26)21-18-9-7-8-10-20(18)28-23(21)24/h7-12,15,25H,4-6,13-14H2,1-3H3. The van der Waals surface area contributed by atoms with Crippen LogP contribution in [0.2, 0.25) is 0 Å². The molecule has 0 saturated heterocycles. The van der Waals surface area contributed by atoms with E-state index < -0.39 is 0 Å². The summed E-state index contributed by atoms with van der Waals surface area (Å²) in [5, 5.41) is 4.17. The number of nitrogens with one attached hydrogen (secondary N) is 1. The van der Waals surface area contributed by atoms with E-state index in [1.165, 1.54) is 0 Å². The molecule has 0 radical (unpaired) electrons. The highest BCUT2D eigenvalue weighted by atomic mass is 16.5. The van der Waals surface area contributed by atoms with Crippen molar-refractivity contribution in [3.63, 3.8) is 0 Å². The summed E-state index contributed by atoms with van der Waals surface area (Å²) in [7, 11) is 0. The topological polar surface area (TPSA) is 51.5 Å². The average molecular weight is 377 g/mol. The number of hydrogen-bond donors (Lipinski definition) is 1. The monoisotopic (exact) mass is 377 g/mol. The summed E-state index contributed by atoms with van der Waals surface area (Å²) in [5.41, 5.74) is 2.98. The zero-order valence-electron chi connectivity index (χ0n) is 16.8. The van der Waals surface area contributed by atoms with Gasteiger partial charge in [-0.1, -0.05) is 39.0 Å². The lowest BCUT2D eigenvalue weighted by atomic mass is 9.66. The van der Waals surface area contributed by atoms with Crippen molar-refractivity contribution >= 4 is 16.8 Å². The number of carbonyl (C=O) groups excluding carboxylic acids is 1. The Morgan fingerprint density at radius 3 is 2.61 bits per heavy atom. The Balaban J connectivity index is 1.84. The number of carbonyl (C=O) groups is 1. The molecule has 0 aliphatic heterocycles. The highest BCUT2D eigenvalue weighted by Gasteiger charge is 2.45. The van der Waals surface area contributed by atoms with E-state index in [0.717, 1.165) is 65.1 Å². The summed E-state index contributed by atoms with van der Waals surface area (Å²) in [6, 6.07) is 13.7. The van der Waals surface area contributed by atoms with Crippen molar-refractivity contribution in [2.45, 2.75) is 39.0 Å². The Morgan fingerprint density at radius 1 is 1.07 bits per heavy atom. The lowest BCUT2D eigenvalue weighted by molar-refractivity contribution is 0.102. The number of para-hydroxylation sites is 1. The smallest absolute Gasteiger partial charge is 0.197 e. The molecule has 1 aliphatic rings. The normalized spacial score (nSPS) is 14.8. The molecule has 4 heteroatoms. The minimum absolute atomic E-state index is 0.0478. The first-order valence-corrected chi connectivity index (χ1v) is 10.2. The summed E-state index contributed by atoms with van der Waals surface area (Å²) < 4.78 is 12.2. The zero-order valence-corrected chi connectivity index (χ0v) is 16.8. The minimum Gasteiger partial charge on any atom is -0.492 e. The van der Waals surface area contributed by atoms with Crippen LogP contribution in [0.3, 0.4) is 0 Å². The van der Waals surface area contributed by atoms with Crippen molar-refractivity contribution in [1.29, 1.82) is 0 Å². The third-order valence-corrected chi connectivity index (χ3v) is 6.01. The van der Waals surface area contributed by atoms with Crippen LogP contribution in [0.4, 0.5) is 0 Å². The molecular formula is C24H27NO3. The second-order valence-electron chi connectivity index (χ2n) is 7.33. The molecule has 1 aliphatic carbocycles. The number of ketones is 1. The van der Waals surface area contributed by atoms with Crippen molar-refractivity contribution < 1.29 is 13.9 Å². The van der Waals surface area contributed by atoms with Crippen LogP contribution >= 0.6 is 0 Å². The van der Waals surface area contributed by atoms with Gasteiger partial charge in [0.2, 0.25) is 0 Å². The highest BCUT2D eigenvalue weighted by Crippen LogP contribution is 2.50. The maximum Gasteiger partial charge on any atom is 0.197 e. The van der Waals surface area contributed by atoms with Crippen molar-refractivity contribution in [3.05, 3.63) is 64.9 Å². The SMILES string of the molecule is CCNCCOc1ccc2c(c1)C(CC)(CC)c1oc3ccccc3c1C2=O. The van der Waals surface area contributed by atoms with E-state index in [2.05, 4.69) is 26.1 Å². The van der Waals surface area contributed by atoms with E-state index in [9.17, 15) is 4.79 Å². The summed E-state index contributed by atoms with van der Waals surface area (Å²) in [5.74, 6) is 1.66. The molecule has 0 saturated carbocycles. The quantitative estimate of drug-likeness (QED) is 0.584. The van der Waals surface area contributed by atoms with Gasteiger partial charge in [0.15, 0.2) is 5.78 Å². The van der Waals surface area contributed by atoms with Gasteiger partial charge in [0.1, 0.15) is 23.7 Å². The highest BCUT2D eigenvalue weighted by molar-refractivity contribution is 6.19. The van der Waals surface area contributed by atoms with Crippen LogP contribution in [-0.2, 0) is 5.41 Å². The lowest BCUT2D eigenvalue weighted by Gasteiger charge is -2.36. The van der Waals surface area contributed by atoms with Gasteiger partial charge in [0.25, 0.3) is 0 Å². The number of hydrogen-bond acceptors (Lipinski definition) is 4. The van der Waals surface area contributed by atoms with E-state index in [1.807, 2.05) is 42.5 Å². The van der Waals surface area contributed by atoms with Crippen molar-refractivity contribution in [3.8, 4) is 5.75 Å². The number of fused-ring (bicyclic) bond motifs is 4. The largest absolute Gasteiger partial charge is 0.492 e. The Labute approximate surface area is 165 Å². The van der Waals surface area contributed by atoms with Crippen LogP contribution in [0.5, 0.6) is 5.75 Å². The van der Waals surface area contributed by atoms with Gasteiger partial charge in [-0.15, -0.1) is 0 Å². The molecule has 0 atom stereocenters. The van der Waals surface area contributed by atoms with Gasteiger partial charge in [-0.05, 0) is 49.2 Å². The first kappa shape index (κ1) is 18.8. The van der Waals surface area contributed by atoms with E-state index >= 15 is 0 Å². The summed E-state index contributed by atoms with van der Waals surface area (Å²) in [6.45, 7) is 8.73. The number of rotatable bonds is 7. The van der Waals surface area contributed by atoms with Crippen LogP contribution in [-0.4, -0.2) is 25.5 Å². The minimum atomic E-state index is -0.321. The third-order valence-electron chi connectivity index (χ3n) is 6.01. The van der Waals surface area contributed by atoms with Crippen LogP contribution < -0.4 is 10.1 Å². The molecule has 4 nitrogen and oxygen atoms in total. The Morgan fingerprint density at radius 2 is 1.86 bits per heavy atom. The first-order valence-electron chi connectivity index (χ1n) is 10.2. The van der Waals surface area contributed by atoms with Crippen molar-refractivity contribution in [2.24, 2.45) is 0 Å². The van der Waals surface area contributed by atoms with Crippen LogP contribution in [0, 0.1) is 0 Å². The second-order valence-corrected chi connectivity index (χ2v) is 7.33. The van der Waals surface area contributed by atoms with E-state index in [1.54, 1.807) is 0 Å². The van der Waals surface area contributed by atoms with Gasteiger partial charge in [-0.2, -0.15) is 0 Å². The third kappa shape index (κ3) is 2.75. The van der Waals surface area contributed by atoms with Crippen LogP contribution in [0.25, 0.3) is 11.0 Å². The van der Waals surface area contributed by atoms with Crippen LogP contribution in [0.15, 0.2) is 46.9 Å². The molecule has 1 N–H and O–H groups in total. The molecule has 1 heterocycles. The van der Waals surface area contributed by atoms with Crippen molar-refractivity contribution in [1.82, 2.24) is 5.32 Å². The molecule has 0 unspecified atom stereocenters. The zero-order chi connectivity index (χ0) is 19.7. The van der Waals surface area contributed by atoms with E-state index in [0.29, 0.717) is 6.61 Å². The van der Waals surface area contributed by atoms with Gasteiger partial charge in [0, 0.05) is 17.5 Å². The molecule has 0 bridgehead atoms. The van der Waals surface area contributed by atoms with Crippen molar-refractivity contribution in [2.75, 3.05) is 19.7 Å². The molecule has 1 aromatic heterocycles. The molecule has 0 spiro atoms. The van der Waals surface area contributed by atoms with Crippen LogP contribution in [0.1, 0.15) is 60.9 Å². The molecule has 3 aromatic rings. The van der Waals surface area contributed by atoms with Gasteiger partial charge in [-0.3, -0.25) is 4.79 Å². The summed E-state index contributed by atoms with van der Waals surface area (Å²) >= 11 is 0. The van der Waals surface area contributed by atoms with Gasteiger partial charge in [-0.25, -0.2) is 0 Å². The number of ether oxygens (including phenoxy) is 1. The van der Waals surface area contributed by atoms with Gasteiger partial charge < -0.3 is 14.5 Å². The van der Waals surface area contributed by atoms with E-state index in [4.69, 9.17) is 9.15 Å². The average Bonchev–Trinajstić information content (AvgIpc) is 3.12. The van der Waals surface area contributed by atoms with Gasteiger partial charge in [0.05, 0.1) is 11.0 Å². The number of likely N-dealkylation sites (N-methyl/N-ethyl adjacent to an activating group) is 1. The molecule has 0 amide bonds. The molecule has 4 rings (SSSR count). The van der Waals surface area contributed by atoms with E-state index in [-0.39, 0.29) is 11.2 Å². The fraction of sp³-hybridized carbons (Fsp3) is 0.375. The Bertz CT molecular complexity index is 1010. The maximum absolute atomic E-state index is 13.4. The summed E-state index contributed by atoms with van der Waals surface area (Å²) in [4.78, 5) is 13.4. The molecule has 146 valence electrons. The number of benzene rings is 2. The first-order chi connectivity index (χ1) is 13.7. The maximum atomic E-state index is 13.4. The molecule has 2 aromatic carbocycles. The Kier molecular flexibility index (Phi) is 4.98. The lowest BCUT2D eigenvalue weighted by Crippen LogP contribution is -2.34. The number of furan rings is 1. The molecule has 0 fully saturated rings. The molecular weight excluding hydrogens is 350 g/mol. The predicted octanol–water partition coefficient (Wildman–Crippen LogP) is 5.07. The predicted molar refractivity (Wildman–Crippen MR) is 111 cm³/mol. The fourth-order valence-corrected chi connectivity index (χ4v) is 4.44.